The molecule has 0 aromatic carbocycles. The van der Waals surface area contributed by atoms with Crippen molar-refractivity contribution < 1.29 is 4.79 Å². The van der Waals surface area contributed by atoms with Crippen molar-refractivity contribution in [2.45, 2.75) is 32.2 Å². The number of piperazine rings is 1. The molecule has 0 spiro atoms. The molecule has 0 radical (unpaired) electrons. The Balaban J connectivity index is 1.95. The minimum atomic E-state index is -0.319. The van der Waals surface area contributed by atoms with Gasteiger partial charge in [0, 0.05) is 25.7 Å². The summed E-state index contributed by atoms with van der Waals surface area (Å²) in [5.41, 5.74) is 5.55. The first-order valence-corrected chi connectivity index (χ1v) is 6.82. The molecule has 96 valence electrons. The number of hydrogen-bond acceptors (Lipinski definition) is 3. The van der Waals surface area contributed by atoms with Gasteiger partial charge in [-0.05, 0) is 26.3 Å². The van der Waals surface area contributed by atoms with Crippen LogP contribution in [-0.2, 0) is 4.79 Å². The molecule has 0 saturated carbocycles. The van der Waals surface area contributed by atoms with E-state index in [2.05, 4.69) is 4.90 Å². The predicted octanol–water partition coefficient (Wildman–Crippen LogP) is 0.605. The molecule has 2 heterocycles. The highest BCUT2D eigenvalue weighted by Gasteiger charge is 2.32. The van der Waals surface area contributed by atoms with Gasteiger partial charge in [0.25, 0.3) is 0 Å². The van der Waals surface area contributed by atoms with Crippen LogP contribution in [0.1, 0.15) is 26.2 Å². The van der Waals surface area contributed by atoms with E-state index < -0.39 is 0 Å². The lowest BCUT2D eigenvalue weighted by atomic mass is 9.98. The zero-order valence-corrected chi connectivity index (χ0v) is 11.2. The number of thiocarbonyl (C=S) groups is 1. The van der Waals surface area contributed by atoms with E-state index in [9.17, 15) is 4.79 Å². The predicted molar refractivity (Wildman–Crippen MR) is 71.7 cm³/mol. The minimum absolute atomic E-state index is 0.0997. The number of piperidine rings is 1. The number of nitrogens with two attached hydrogens (primary N) is 1. The van der Waals surface area contributed by atoms with Gasteiger partial charge in [-0.2, -0.15) is 0 Å². The van der Waals surface area contributed by atoms with E-state index in [-0.39, 0.29) is 11.8 Å². The molecule has 4 nitrogen and oxygen atoms in total. The lowest BCUT2D eigenvalue weighted by Crippen LogP contribution is -2.57. The van der Waals surface area contributed by atoms with Gasteiger partial charge >= 0.3 is 0 Å². The molecule has 2 aliphatic rings. The Morgan fingerprint density at radius 1 is 1.35 bits per heavy atom. The zero-order chi connectivity index (χ0) is 12.4. The van der Waals surface area contributed by atoms with Crippen molar-refractivity contribution in [2.24, 2.45) is 11.7 Å². The molecule has 0 bridgehead atoms. The van der Waals surface area contributed by atoms with Crippen molar-refractivity contribution in [3.63, 3.8) is 0 Å². The van der Waals surface area contributed by atoms with Crippen molar-refractivity contribution in [3.05, 3.63) is 0 Å². The maximum absolute atomic E-state index is 12.2. The molecule has 5 heteroatoms. The largest absolute Gasteiger partial charge is 0.393 e. The standard InChI is InChI=1S/C12H21N3OS/c1-9(11(13)17)12(16)15-7-6-14-5-3-2-4-10(14)8-15/h9-10H,2-8H2,1H3,(H2,13,17). The van der Waals surface area contributed by atoms with E-state index in [1.54, 1.807) is 6.92 Å². The van der Waals surface area contributed by atoms with Gasteiger partial charge in [-0.3, -0.25) is 9.69 Å². The number of rotatable bonds is 2. The number of amides is 1. The highest BCUT2D eigenvalue weighted by molar-refractivity contribution is 7.80. The van der Waals surface area contributed by atoms with E-state index in [0.717, 1.165) is 19.6 Å². The van der Waals surface area contributed by atoms with Crippen LogP contribution in [0.15, 0.2) is 0 Å². The second-order valence-corrected chi connectivity index (χ2v) is 5.57. The van der Waals surface area contributed by atoms with Crippen LogP contribution in [0.25, 0.3) is 0 Å². The van der Waals surface area contributed by atoms with Gasteiger partial charge in [-0.1, -0.05) is 18.6 Å². The highest BCUT2D eigenvalue weighted by atomic mass is 32.1. The van der Waals surface area contributed by atoms with E-state index in [1.807, 2.05) is 4.90 Å². The van der Waals surface area contributed by atoms with Gasteiger partial charge in [0.1, 0.15) is 0 Å². The van der Waals surface area contributed by atoms with Crippen LogP contribution in [0.2, 0.25) is 0 Å². The molecule has 2 unspecified atom stereocenters. The van der Waals surface area contributed by atoms with Crippen LogP contribution in [0, 0.1) is 5.92 Å². The molecule has 17 heavy (non-hydrogen) atoms. The fraction of sp³-hybridized carbons (Fsp3) is 0.833. The van der Waals surface area contributed by atoms with E-state index in [0.29, 0.717) is 11.0 Å². The van der Waals surface area contributed by atoms with Gasteiger partial charge in [0.2, 0.25) is 5.91 Å². The SMILES string of the molecule is CC(C(=O)N1CCN2CCCCC2C1)C(N)=S. The first-order chi connectivity index (χ1) is 8.09. The molecular weight excluding hydrogens is 234 g/mol. The van der Waals surface area contributed by atoms with E-state index >= 15 is 0 Å². The average molecular weight is 255 g/mol. The maximum atomic E-state index is 12.2. The van der Waals surface area contributed by atoms with Gasteiger partial charge in [-0.25, -0.2) is 0 Å². The fourth-order valence-corrected chi connectivity index (χ4v) is 2.85. The average Bonchev–Trinajstić information content (AvgIpc) is 2.36. The van der Waals surface area contributed by atoms with Crippen LogP contribution in [-0.4, -0.2) is 52.9 Å². The Labute approximate surface area is 108 Å². The third kappa shape index (κ3) is 2.77. The topological polar surface area (TPSA) is 49.6 Å². The molecule has 0 aromatic heterocycles. The summed E-state index contributed by atoms with van der Waals surface area (Å²) < 4.78 is 0. The van der Waals surface area contributed by atoms with Gasteiger partial charge in [0.15, 0.2) is 0 Å². The van der Waals surface area contributed by atoms with Gasteiger partial charge < -0.3 is 10.6 Å². The minimum Gasteiger partial charge on any atom is -0.393 e. The molecule has 2 aliphatic heterocycles. The van der Waals surface area contributed by atoms with Crippen LogP contribution in [0.3, 0.4) is 0 Å². The van der Waals surface area contributed by atoms with Crippen molar-refractivity contribution in [3.8, 4) is 0 Å². The Kier molecular flexibility index (Phi) is 3.99. The number of nitrogens with zero attached hydrogens (tertiary/aromatic N) is 2. The Morgan fingerprint density at radius 3 is 2.82 bits per heavy atom. The summed E-state index contributed by atoms with van der Waals surface area (Å²) in [7, 11) is 0. The number of hydrogen-bond donors (Lipinski definition) is 1. The summed E-state index contributed by atoms with van der Waals surface area (Å²) in [6, 6.07) is 0.556. The van der Waals surface area contributed by atoms with Crippen LogP contribution < -0.4 is 5.73 Å². The number of fused-ring (bicyclic) bond motifs is 1. The molecule has 0 aromatic rings. The first-order valence-electron chi connectivity index (χ1n) is 6.41. The van der Waals surface area contributed by atoms with Crippen LogP contribution >= 0.6 is 12.2 Å². The molecule has 2 rings (SSSR count). The summed E-state index contributed by atoms with van der Waals surface area (Å²) in [4.78, 5) is 16.9. The zero-order valence-electron chi connectivity index (χ0n) is 10.4. The first kappa shape index (κ1) is 12.8. The quantitative estimate of drug-likeness (QED) is 0.734. The summed E-state index contributed by atoms with van der Waals surface area (Å²) in [5.74, 6) is -0.220. The molecule has 2 saturated heterocycles. The van der Waals surface area contributed by atoms with Crippen LogP contribution in [0.5, 0.6) is 0 Å². The van der Waals surface area contributed by atoms with Crippen molar-refractivity contribution in [2.75, 3.05) is 26.2 Å². The van der Waals surface area contributed by atoms with E-state index in [1.165, 1.54) is 25.8 Å². The third-order valence-corrected chi connectivity index (χ3v) is 4.30. The van der Waals surface area contributed by atoms with Crippen molar-refractivity contribution >= 4 is 23.1 Å². The Morgan fingerprint density at radius 2 is 2.12 bits per heavy atom. The molecule has 2 atom stereocenters. The highest BCUT2D eigenvalue weighted by Crippen LogP contribution is 2.21. The normalized spacial score (nSPS) is 27.4. The molecule has 1 amide bonds. The summed E-state index contributed by atoms with van der Waals surface area (Å²) in [5, 5.41) is 0. The third-order valence-electron chi connectivity index (χ3n) is 3.95. The lowest BCUT2D eigenvalue weighted by molar-refractivity contribution is -0.136. The lowest BCUT2D eigenvalue weighted by Gasteiger charge is -2.44. The van der Waals surface area contributed by atoms with Crippen molar-refractivity contribution in [1.82, 2.24) is 9.80 Å². The number of carbonyl (C=O) groups is 1. The fourth-order valence-electron chi connectivity index (χ4n) is 2.75. The summed E-state index contributed by atoms with van der Waals surface area (Å²) in [6.45, 7) is 5.67. The number of carbonyl (C=O) groups excluding carboxylic acids is 1. The second kappa shape index (κ2) is 5.31. The van der Waals surface area contributed by atoms with Crippen LogP contribution in [0.4, 0.5) is 0 Å². The molecule has 2 fully saturated rings. The van der Waals surface area contributed by atoms with Gasteiger partial charge in [0.05, 0.1) is 10.9 Å². The maximum Gasteiger partial charge on any atom is 0.232 e. The summed E-state index contributed by atoms with van der Waals surface area (Å²) >= 11 is 4.90. The Hall–Kier alpha value is -0.680. The molecule has 2 N–H and O–H groups in total. The molecular formula is C12H21N3OS. The smallest absolute Gasteiger partial charge is 0.232 e. The second-order valence-electron chi connectivity index (χ2n) is 5.09. The van der Waals surface area contributed by atoms with Crippen molar-refractivity contribution in [1.29, 1.82) is 0 Å². The van der Waals surface area contributed by atoms with Gasteiger partial charge in [-0.15, -0.1) is 0 Å². The molecule has 0 aliphatic carbocycles. The van der Waals surface area contributed by atoms with E-state index in [4.69, 9.17) is 18.0 Å². The Bertz CT molecular complexity index is 321. The summed E-state index contributed by atoms with van der Waals surface area (Å²) in [6.07, 6.45) is 3.80. The monoisotopic (exact) mass is 255 g/mol.